The van der Waals surface area contributed by atoms with Gasteiger partial charge < -0.3 is 24.0 Å². The van der Waals surface area contributed by atoms with Crippen molar-refractivity contribution in [3.63, 3.8) is 0 Å². The van der Waals surface area contributed by atoms with E-state index in [1.165, 1.54) is 12.0 Å². The lowest BCUT2D eigenvalue weighted by atomic mass is 10.0. The number of hydrogen-bond acceptors (Lipinski definition) is 6. The van der Waals surface area contributed by atoms with Crippen LogP contribution in [-0.2, 0) is 20.7 Å². The number of methoxy groups -OCH3 is 2. The van der Waals surface area contributed by atoms with Gasteiger partial charge in [-0.2, -0.15) is 0 Å². The van der Waals surface area contributed by atoms with Gasteiger partial charge in [0.25, 0.3) is 0 Å². The van der Waals surface area contributed by atoms with Gasteiger partial charge in [0.05, 0.1) is 19.7 Å². The highest BCUT2D eigenvalue weighted by atomic mass is 32.1. The standard InChI is InChI=1S/C24H32N2O5S/c1-17(2)13-25(24(28)16-29-3)14-23(27)26-10-8-22-20(9-11-32-22)21(26)15-31-19-7-5-6-18(12-19)30-4/h5-7,9,11-12,17,21H,8,10,13-16H2,1-4H3/t21-/m1/s1. The summed E-state index contributed by atoms with van der Waals surface area (Å²) in [5.74, 6) is 1.41. The second-order valence-electron chi connectivity index (χ2n) is 8.24. The van der Waals surface area contributed by atoms with E-state index in [0.717, 1.165) is 17.7 Å². The molecule has 1 aromatic heterocycles. The van der Waals surface area contributed by atoms with Crippen LogP contribution in [0, 0.1) is 5.92 Å². The first-order valence-corrected chi connectivity index (χ1v) is 11.7. The molecule has 1 aromatic carbocycles. The van der Waals surface area contributed by atoms with Crippen molar-refractivity contribution in [1.29, 1.82) is 0 Å². The van der Waals surface area contributed by atoms with Crippen LogP contribution < -0.4 is 9.47 Å². The Morgan fingerprint density at radius 2 is 2.00 bits per heavy atom. The van der Waals surface area contributed by atoms with Gasteiger partial charge in [0.2, 0.25) is 11.8 Å². The molecule has 2 aromatic rings. The van der Waals surface area contributed by atoms with E-state index < -0.39 is 0 Å². The molecule has 1 aliphatic rings. The summed E-state index contributed by atoms with van der Waals surface area (Å²) in [7, 11) is 3.11. The zero-order valence-electron chi connectivity index (χ0n) is 19.2. The number of amides is 2. The number of carbonyl (C=O) groups excluding carboxylic acids is 2. The van der Waals surface area contributed by atoms with E-state index in [4.69, 9.17) is 14.2 Å². The first kappa shape index (κ1) is 24.1. The Hall–Kier alpha value is -2.58. The Labute approximate surface area is 193 Å². The molecule has 174 valence electrons. The van der Waals surface area contributed by atoms with E-state index >= 15 is 0 Å². The first-order chi connectivity index (χ1) is 15.4. The number of benzene rings is 1. The predicted molar refractivity (Wildman–Crippen MR) is 124 cm³/mol. The Kier molecular flexibility index (Phi) is 8.53. The van der Waals surface area contributed by atoms with E-state index in [2.05, 4.69) is 11.4 Å². The van der Waals surface area contributed by atoms with Crippen molar-refractivity contribution in [3.8, 4) is 11.5 Å². The molecule has 2 amide bonds. The molecule has 3 rings (SSSR count). The van der Waals surface area contributed by atoms with Gasteiger partial charge in [-0.15, -0.1) is 11.3 Å². The third-order valence-electron chi connectivity index (χ3n) is 5.40. The van der Waals surface area contributed by atoms with Crippen LogP contribution in [0.25, 0.3) is 0 Å². The van der Waals surface area contributed by atoms with Crippen molar-refractivity contribution >= 4 is 23.2 Å². The lowest BCUT2D eigenvalue weighted by Crippen LogP contribution is -2.49. The van der Waals surface area contributed by atoms with Crippen LogP contribution in [-0.4, -0.2) is 68.7 Å². The first-order valence-electron chi connectivity index (χ1n) is 10.8. The van der Waals surface area contributed by atoms with Crippen molar-refractivity contribution in [2.75, 3.05) is 47.1 Å². The van der Waals surface area contributed by atoms with Gasteiger partial charge in [-0.3, -0.25) is 9.59 Å². The minimum absolute atomic E-state index is 0.0307. The van der Waals surface area contributed by atoms with E-state index in [0.29, 0.717) is 25.4 Å². The van der Waals surface area contributed by atoms with Gasteiger partial charge >= 0.3 is 0 Å². The smallest absolute Gasteiger partial charge is 0.249 e. The monoisotopic (exact) mass is 460 g/mol. The molecule has 1 atom stereocenters. The lowest BCUT2D eigenvalue weighted by molar-refractivity contribution is -0.145. The molecule has 7 nitrogen and oxygen atoms in total. The summed E-state index contributed by atoms with van der Waals surface area (Å²) in [6.45, 7) is 5.51. The molecule has 1 aliphatic heterocycles. The molecule has 0 saturated carbocycles. The molecule has 0 fully saturated rings. The molecule has 8 heteroatoms. The Balaban J connectivity index is 1.76. The Morgan fingerprint density at radius 1 is 1.22 bits per heavy atom. The quantitative estimate of drug-likeness (QED) is 0.544. The molecule has 0 radical (unpaired) electrons. The van der Waals surface area contributed by atoms with Crippen LogP contribution in [0.1, 0.15) is 30.3 Å². The molecule has 0 aliphatic carbocycles. The number of fused-ring (bicyclic) bond motifs is 1. The maximum atomic E-state index is 13.4. The molecule has 0 saturated heterocycles. The predicted octanol–water partition coefficient (Wildman–Crippen LogP) is 3.39. The molecule has 32 heavy (non-hydrogen) atoms. The molecule has 0 N–H and O–H groups in total. The number of rotatable bonds is 10. The molecule has 0 unspecified atom stereocenters. The van der Waals surface area contributed by atoms with Gasteiger partial charge in [-0.05, 0) is 41.5 Å². The normalized spacial score (nSPS) is 15.4. The highest BCUT2D eigenvalue weighted by Gasteiger charge is 2.33. The zero-order chi connectivity index (χ0) is 23.1. The van der Waals surface area contributed by atoms with Crippen molar-refractivity contribution in [2.45, 2.75) is 26.3 Å². The van der Waals surface area contributed by atoms with Crippen LogP contribution in [0.5, 0.6) is 11.5 Å². The van der Waals surface area contributed by atoms with E-state index in [9.17, 15) is 9.59 Å². The molecular weight excluding hydrogens is 428 g/mol. The van der Waals surface area contributed by atoms with Crippen molar-refractivity contribution in [3.05, 3.63) is 46.2 Å². The summed E-state index contributed by atoms with van der Waals surface area (Å²) < 4.78 is 16.4. The van der Waals surface area contributed by atoms with Gasteiger partial charge in [0.15, 0.2) is 0 Å². The van der Waals surface area contributed by atoms with Crippen LogP contribution in [0.15, 0.2) is 35.7 Å². The third-order valence-corrected chi connectivity index (χ3v) is 6.39. The SMILES string of the molecule is COCC(=O)N(CC(=O)N1CCc2sccc2[C@H]1COc1cccc(OC)c1)CC(C)C. The number of thiophene rings is 1. The number of carbonyl (C=O) groups is 2. The van der Waals surface area contributed by atoms with Crippen molar-refractivity contribution < 1.29 is 23.8 Å². The maximum Gasteiger partial charge on any atom is 0.249 e. The highest BCUT2D eigenvalue weighted by Crippen LogP contribution is 2.34. The molecule has 2 heterocycles. The maximum absolute atomic E-state index is 13.4. The van der Waals surface area contributed by atoms with Gasteiger partial charge in [-0.1, -0.05) is 19.9 Å². The van der Waals surface area contributed by atoms with Crippen molar-refractivity contribution in [2.24, 2.45) is 5.92 Å². The van der Waals surface area contributed by atoms with E-state index in [1.807, 2.05) is 43.0 Å². The van der Waals surface area contributed by atoms with Gasteiger partial charge in [-0.25, -0.2) is 0 Å². The van der Waals surface area contributed by atoms with Crippen LogP contribution in [0.3, 0.4) is 0 Å². The van der Waals surface area contributed by atoms with E-state index in [-0.39, 0.29) is 36.9 Å². The minimum atomic E-state index is -0.206. The number of ether oxygens (including phenoxy) is 3. The Bertz CT molecular complexity index is 913. The van der Waals surface area contributed by atoms with Crippen LogP contribution in [0.2, 0.25) is 0 Å². The second kappa shape index (κ2) is 11.3. The van der Waals surface area contributed by atoms with Gasteiger partial charge in [0.1, 0.15) is 24.7 Å². The summed E-state index contributed by atoms with van der Waals surface area (Å²) in [4.78, 5) is 30.6. The van der Waals surface area contributed by atoms with Gasteiger partial charge in [0, 0.05) is 31.1 Å². The average Bonchev–Trinajstić information content (AvgIpc) is 3.26. The fourth-order valence-electron chi connectivity index (χ4n) is 3.90. The summed E-state index contributed by atoms with van der Waals surface area (Å²) in [5, 5.41) is 2.06. The third kappa shape index (κ3) is 6.01. The average molecular weight is 461 g/mol. The van der Waals surface area contributed by atoms with Crippen LogP contribution >= 0.6 is 11.3 Å². The molecule has 0 spiro atoms. The minimum Gasteiger partial charge on any atom is -0.497 e. The molecular formula is C24H32N2O5S. The number of nitrogens with zero attached hydrogens (tertiary/aromatic N) is 2. The largest absolute Gasteiger partial charge is 0.497 e. The fourth-order valence-corrected chi connectivity index (χ4v) is 4.83. The second-order valence-corrected chi connectivity index (χ2v) is 9.24. The number of hydrogen-bond donors (Lipinski definition) is 0. The molecule has 0 bridgehead atoms. The van der Waals surface area contributed by atoms with Crippen LogP contribution in [0.4, 0.5) is 0 Å². The summed E-state index contributed by atoms with van der Waals surface area (Å²) in [6.07, 6.45) is 0.810. The Morgan fingerprint density at radius 3 is 2.72 bits per heavy atom. The lowest BCUT2D eigenvalue weighted by Gasteiger charge is -2.37. The topological polar surface area (TPSA) is 68.3 Å². The zero-order valence-corrected chi connectivity index (χ0v) is 20.0. The van der Waals surface area contributed by atoms with E-state index in [1.54, 1.807) is 23.3 Å². The summed E-state index contributed by atoms with van der Waals surface area (Å²) >= 11 is 1.71. The summed E-state index contributed by atoms with van der Waals surface area (Å²) in [6, 6.07) is 9.31. The van der Waals surface area contributed by atoms with Crippen molar-refractivity contribution in [1.82, 2.24) is 9.80 Å². The fraction of sp³-hybridized carbons (Fsp3) is 0.500. The highest BCUT2D eigenvalue weighted by molar-refractivity contribution is 7.10. The summed E-state index contributed by atoms with van der Waals surface area (Å²) in [5.41, 5.74) is 1.12.